The molecule has 174 valence electrons. The van der Waals surface area contributed by atoms with E-state index >= 15 is 0 Å². The first-order valence-corrected chi connectivity index (χ1v) is 10.5. The normalized spacial score (nSPS) is 16.4. The monoisotopic (exact) mass is 488 g/mol. The maximum atomic E-state index is 12.7. The topological polar surface area (TPSA) is 79.1 Å². The summed E-state index contributed by atoms with van der Waals surface area (Å²) in [5.41, 5.74) is 1.90. The molecule has 5 rings (SSSR count). The molecule has 1 atom stereocenters. The Balaban J connectivity index is 1.56. The van der Waals surface area contributed by atoms with Crippen molar-refractivity contribution >= 4 is 28.3 Å². The van der Waals surface area contributed by atoms with Crippen LogP contribution in [0.3, 0.4) is 0 Å². The van der Waals surface area contributed by atoms with Gasteiger partial charge in [0.1, 0.15) is 23.6 Å². The van der Waals surface area contributed by atoms with Crippen molar-refractivity contribution in [2.75, 3.05) is 13.2 Å². The third-order valence-electron chi connectivity index (χ3n) is 5.43. The Labute approximate surface area is 196 Å². The second-order valence-electron chi connectivity index (χ2n) is 7.82. The van der Waals surface area contributed by atoms with E-state index in [1.54, 1.807) is 24.4 Å². The number of hydrogen-bond acceptors (Lipinski definition) is 6. The molecule has 1 saturated heterocycles. The van der Waals surface area contributed by atoms with Crippen molar-refractivity contribution in [1.29, 1.82) is 0 Å². The van der Waals surface area contributed by atoms with Gasteiger partial charge < -0.3 is 14.0 Å². The highest BCUT2D eigenvalue weighted by atomic mass is 35.5. The SMILES string of the molecule is Cc1cc(Oc2cnc(C(F)(F)F)cn2)cc(-c2cn([C@H]3COCC3=O)c3ccnc(Cl)c23)c1. The Bertz CT molecular complexity index is 1400. The first kappa shape index (κ1) is 22.3. The second-order valence-corrected chi connectivity index (χ2v) is 8.18. The Morgan fingerprint density at radius 2 is 2.00 bits per heavy atom. The molecule has 0 N–H and O–H groups in total. The van der Waals surface area contributed by atoms with E-state index in [-0.39, 0.29) is 30.0 Å². The van der Waals surface area contributed by atoms with Gasteiger partial charge in [-0.05, 0) is 36.2 Å². The highest BCUT2D eigenvalue weighted by Gasteiger charge is 2.33. The number of ether oxygens (including phenoxy) is 2. The molecule has 0 radical (unpaired) electrons. The van der Waals surface area contributed by atoms with Crippen molar-refractivity contribution in [3.8, 4) is 22.8 Å². The Kier molecular flexibility index (Phi) is 5.49. The number of nitrogens with zero attached hydrogens (tertiary/aromatic N) is 4. The number of halogens is 4. The van der Waals surface area contributed by atoms with E-state index in [1.165, 1.54) is 0 Å². The van der Waals surface area contributed by atoms with Crippen LogP contribution in [0.5, 0.6) is 11.6 Å². The third kappa shape index (κ3) is 4.10. The molecule has 1 fully saturated rings. The van der Waals surface area contributed by atoms with Gasteiger partial charge in [-0.15, -0.1) is 0 Å². The molecule has 34 heavy (non-hydrogen) atoms. The summed E-state index contributed by atoms with van der Waals surface area (Å²) in [6, 6.07) is 6.64. The maximum Gasteiger partial charge on any atom is 0.434 e. The molecular weight excluding hydrogens is 473 g/mol. The van der Waals surface area contributed by atoms with E-state index in [2.05, 4.69) is 15.0 Å². The average Bonchev–Trinajstić information content (AvgIpc) is 3.37. The van der Waals surface area contributed by atoms with Gasteiger partial charge in [-0.3, -0.25) is 4.79 Å². The molecule has 0 aliphatic carbocycles. The van der Waals surface area contributed by atoms with Crippen LogP contribution >= 0.6 is 11.6 Å². The van der Waals surface area contributed by atoms with Crippen LogP contribution in [0.15, 0.2) is 49.1 Å². The number of Topliss-reactive ketones (excluding diaryl/α,β-unsaturated/α-hetero) is 1. The van der Waals surface area contributed by atoms with Gasteiger partial charge in [0.15, 0.2) is 11.5 Å². The summed E-state index contributed by atoms with van der Waals surface area (Å²) in [6.45, 7) is 2.16. The Morgan fingerprint density at radius 1 is 1.18 bits per heavy atom. The van der Waals surface area contributed by atoms with Crippen LogP contribution in [-0.4, -0.2) is 38.5 Å². The molecule has 1 aromatic carbocycles. The largest absolute Gasteiger partial charge is 0.437 e. The van der Waals surface area contributed by atoms with E-state index in [9.17, 15) is 18.0 Å². The number of alkyl halides is 3. The third-order valence-corrected chi connectivity index (χ3v) is 5.72. The molecule has 0 amide bonds. The van der Waals surface area contributed by atoms with E-state index in [1.807, 2.05) is 23.8 Å². The van der Waals surface area contributed by atoms with Crippen molar-refractivity contribution in [1.82, 2.24) is 19.5 Å². The molecule has 0 saturated carbocycles. The molecule has 0 bridgehead atoms. The lowest BCUT2D eigenvalue weighted by atomic mass is 10.0. The molecule has 7 nitrogen and oxygen atoms in total. The fraction of sp³-hybridized carbons (Fsp3) is 0.217. The van der Waals surface area contributed by atoms with Gasteiger partial charge in [0.05, 0.1) is 24.5 Å². The molecule has 0 unspecified atom stereocenters. The summed E-state index contributed by atoms with van der Waals surface area (Å²) in [4.78, 5) is 23.6. The number of aromatic nitrogens is 4. The van der Waals surface area contributed by atoms with Crippen molar-refractivity contribution in [3.63, 3.8) is 0 Å². The van der Waals surface area contributed by atoms with Gasteiger partial charge in [-0.25, -0.2) is 15.0 Å². The van der Waals surface area contributed by atoms with Gasteiger partial charge in [0.2, 0.25) is 5.88 Å². The summed E-state index contributed by atoms with van der Waals surface area (Å²) in [5, 5.41) is 0.935. The van der Waals surface area contributed by atoms with Crippen molar-refractivity contribution < 1.29 is 27.4 Å². The Morgan fingerprint density at radius 3 is 2.68 bits per heavy atom. The smallest absolute Gasteiger partial charge is 0.434 e. The standard InChI is InChI=1S/C23H16ClF3N4O3/c1-12-4-13(6-14(5-12)34-20-8-29-19(7-30-20)23(25,26)27)15-9-31(17-10-33-11-18(17)32)16-2-3-28-22(24)21(15)16/h2-9,17H,10-11H2,1H3/t17-/m0/s1. The predicted molar refractivity (Wildman–Crippen MR) is 117 cm³/mol. The number of aryl methyl sites for hydroxylation is 1. The molecule has 0 spiro atoms. The number of ketones is 1. The minimum Gasteiger partial charge on any atom is -0.437 e. The molecule has 4 aromatic rings. The lowest BCUT2D eigenvalue weighted by molar-refractivity contribution is -0.141. The molecular formula is C23H16ClF3N4O3. The van der Waals surface area contributed by atoms with Crippen LogP contribution in [-0.2, 0) is 15.7 Å². The summed E-state index contributed by atoms with van der Waals surface area (Å²) in [6.07, 6.45) is 0.343. The molecule has 11 heteroatoms. The summed E-state index contributed by atoms with van der Waals surface area (Å²) < 4.78 is 51.1. The maximum absolute atomic E-state index is 12.7. The summed E-state index contributed by atoms with van der Waals surface area (Å²) in [7, 11) is 0. The lowest BCUT2D eigenvalue weighted by Crippen LogP contribution is -2.16. The zero-order valence-corrected chi connectivity index (χ0v) is 18.4. The van der Waals surface area contributed by atoms with Crippen LogP contribution in [0.4, 0.5) is 13.2 Å². The number of fused-ring (bicyclic) bond motifs is 1. The molecule has 1 aliphatic rings. The van der Waals surface area contributed by atoms with Crippen LogP contribution in [0.25, 0.3) is 22.0 Å². The van der Waals surface area contributed by atoms with Gasteiger partial charge in [-0.1, -0.05) is 17.7 Å². The van der Waals surface area contributed by atoms with Crippen molar-refractivity contribution in [2.24, 2.45) is 0 Å². The molecule has 3 aromatic heterocycles. The summed E-state index contributed by atoms with van der Waals surface area (Å²) >= 11 is 6.45. The fourth-order valence-electron chi connectivity index (χ4n) is 3.94. The van der Waals surface area contributed by atoms with E-state index in [0.717, 1.165) is 28.4 Å². The minimum absolute atomic E-state index is 0.0365. The van der Waals surface area contributed by atoms with Crippen molar-refractivity contribution in [2.45, 2.75) is 19.1 Å². The van der Waals surface area contributed by atoms with E-state index < -0.39 is 17.9 Å². The van der Waals surface area contributed by atoms with Crippen LogP contribution in [0.1, 0.15) is 17.3 Å². The highest BCUT2D eigenvalue weighted by Crippen LogP contribution is 2.39. The van der Waals surface area contributed by atoms with Gasteiger partial charge in [-0.2, -0.15) is 13.2 Å². The summed E-state index contributed by atoms with van der Waals surface area (Å²) in [5.74, 6) is 0.233. The van der Waals surface area contributed by atoms with Gasteiger partial charge >= 0.3 is 6.18 Å². The minimum atomic E-state index is -4.59. The Hall–Kier alpha value is -3.50. The first-order chi connectivity index (χ1) is 16.2. The van der Waals surface area contributed by atoms with Gasteiger partial charge in [0, 0.05) is 23.3 Å². The fourth-order valence-corrected chi connectivity index (χ4v) is 4.19. The average molecular weight is 489 g/mol. The highest BCUT2D eigenvalue weighted by molar-refractivity contribution is 6.35. The quantitative estimate of drug-likeness (QED) is 0.358. The second kappa shape index (κ2) is 8.37. The van der Waals surface area contributed by atoms with E-state index in [4.69, 9.17) is 21.1 Å². The predicted octanol–water partition coefficient (Wildman–Crippen LogP) is 5.41. The zero-order chi connectivity index (χ0) is 24.0. The van der Waals surface area contributed by atoms with Crippen LogP contribution in [0, 0.1) is 6.92 Å². The lowest BCUT2D eigenvalue weighted by Gasteiger charge is -2.10. The number of pyridine rings is 1. The number of carbonyl (C=O) groups is 1. The molecule has 4 heterocycles. The number of rotatable bonds is 4. The van der Waals surface area contributed by atoms with Gasteiger partial charge in [0.25, 0.3) is 0 Å². The number of carbonyl (C=O) groups excluding carboxylic acids is 1. The number of benzene rings is 1. The first-order valence-electron chi connectivity index (χ1n) is 10.2. The van der Waals surface area contributed by atoms with Crippen molar-refractivity contribution in [3.05, 3.63) is 65.5 Å². The van der Waals surface area contributed by atoms with Crippen LogP contribution < -0.4 is 4.74 Å². The van der Waals surface area contributed by atoms with Crippen LogP contribution in [0.2, 0.25) is 5.15 Å². The number of hydrogen-bond donors (Lipinski definition) is 0. The van der Waals surface area contributed by atoms with E-state index in [0.29, 0.717) is 17.3 Å². The zero-order valence-electron chi connectivity index (χ0n) is 17.6. The molecule has 1 aliphatic heterocycles.